The zero-order valence-corrected chi connectivity index (χ0v) is 8.00. The molecule has 1 aliphatic rings. The van der Waals surface area contributed by atoms with E-state index >= 15 is 0 Å². The second-order valence-corrected chi connectivity index (χ2v) is 5.08. The van der Waals surface area contributed by atoms with Crippen LogP contribution in [0.3, 0.4) is 0 Å². The van der Waals surface area contributed by atoms with Gasteiger partial charge in [-0.25, -0.2) is 8.42 Å². The van der Waals surface area contributed by atoms with Gasteiger partial charge in [-0.3, -0.25) is 9.82 Å². The normalized spacial score (nSPS) is 16.2. The monoisotopic (exact) mass is 212 g/mol. The molecule has 1 aromatic heterocycles. The second kappa shape index (κ2) is 2.99. The Kier molecular flexibility index (Phi) is 1.93. The lowest BCUT2D eigenvalue weighted by atomic mass is 10.4. The van der Waals surface area contributed by atoms with Crippen LogP contribution < -0.4 is 4.72 Å². The van der Waals surface area contributed by atoms with Crippen molar-refractivity contribution in [2.24, 2.45) is 0 Å². The Balaban J connectivity index is 2.23. The van der Waals surface area contributed by atoms with Gasteiger partial charge in [-0.15, -0.1) is 0 Å². The molecule has 1 saturated carbocycles. The van der Waals surface area contributed by atoms with Crippen LogP contribution in [0, 0.1) is 11.3 Å². The maximum atomic E-state index is 11.5. The van der Waals surface area contributed by atoms with Crippen molar-refractivity contribution in [2.75, 3.05) is 4.72 Å². The summed E-state index contributed by atoms with van der Waals surface area (Å²) in [5, 5.41) is 14.3. The Morgan fingerprint density at radius 3 is 2.93 bits per heavy atom. The van der Waals surface area contributed by atoms with E-state index in [2.05, 4.69) is 14.9 Å². The van der Waals surface area contributed by atoms with Gasteiger partial charge in [-0.05, 0) is 12.8 Å². The minimum atomic E-state index is -3.32. The van der Waals surface area contributed by atoms with E-state index in [-0.39, 0.29) is 16.6 Å². The van der Waals surface area contributed by atoms with E-state index in [9.17, 15) is 8.42 Å². The third-order valence-electron chi connectivity index (χ3n) is 1.97. The van der Waals surface area contributed by atoms with Crippen LogP contribution in [-0.4, -0.2) is 23.9 Å². The molecule has 6 nitrogen and oxygen atoms in total. The number of hydrogen-bond donors (Lipinski definition) is 2. The van der Waals surface area contributed by atoms with Crippen LogP contribution >= 0.6 is 0 Å². The number of nitriles is 1. The Bertz CT molecular complexity index is 480. The molecule has 14 heavy (non-hydrogen) atoms. The predicted molar refractivity (Wildman–Crippen MR) is 48.9 cm³/mol. The molecule has 0 aliphatic heterocycles. The van der Waals surface area contributed by atoms with Gasteiger partial charge in [0.05, 0.1) is 11.4 Å². The average molecular weight is 212 g/mol. The highest BCUT2D eigenvalue weighted by Gasteiger charge is 2.36. The Morgan fingerprint density at radius 2 is 2.36 bits per heavy atom. The molecule has 1 heterocycles. The molecule has 74 valence electrons. The summed E-state index contributed by atoms with van der Waals surface area (Å²) in [5.41, 5.74) is 0.203. The SMILES string of the molecule is N#Cc1cn[nH]c1NS(=O)(=O)C1CC1. The molecule has 0 radical (unpaired) electrons. The number of nitrogens with zero attached hydrogens (tertiary/aromatic N) is 2. The van der Waals surface area contributed by atoms with Crippen LogP contribution in [0.5, 0.6) is 0 Å². The zero-order chi connectivity index (χ0) is 10.2. The number of sulfonamides is 1. The van der Waals surface area contributed by atoms with Gasteiger partial charge in [0.2, 0.25) is 10.0 Å². The first-order valence-electron chi connectivity index (χ1n) is 4.08. The van der Waals surface area contributed by atoms with Crippen molar-refractivity contribution in [3.8, 4) is 6.07 Å². The summed E-state index contributed by atoms with van der Waals surface area (Å²) in [6, 6.07) is 1.84. The van der Waals surface area contributed by atoms with Crippen molar-refractivity contribution in [1.29, 1.82) is 5.26 Å². The first-order chi connectivity index (χ1) is 6.63. The van der Waals surface area contributed by atoms with Crippen molar-refractivity contribution in [2.45, 2.75) is 18.1 Å². The minimum absolute atomic E-state index is 0.152. The molecule has 0 unspecified atom stereocenters. The van der Waals surface area contributed by atoms with Crippen LogP contribution in [0.2, 0.25) is 0 Å². The molecule has 7 heteroatoms. The first kappa shape index (κ1) is 9.02. The molecular formula is C7H8N4O2S. The maximum Gasteiger partial charge on any atom is 0.236 e. The second-order valence-electron chi connectivity index (χ2n) is 3.12. The topological polar surface area (TPSA) is 98.6 Å². The fraction of sp³-hybridized carbons (Fsp3) is 0.429. The Morgan fingerprint density at radius 1 is 1.64 bits per heavy atom. The molecule has 0 atom stereocenters. The number of rotatable bonds is 3. The summed E-state index contributed by atoms with van der Waals surface area (Å²) in [7, 11) is -3.32. The van der Waals surface area contributed by atoms with Crippen LogP contribution in [0.25, 0.3) is 0 Å². The maximum absolute atomic E-state index is 11.5. The minimum Gasteiger partial charge on any atom is -0.266 e. The third-order valence-corrected chi connectivity index (χ3v) is 3.81. The molecule has 0 bridgehead atoms. The van der Waals surface area contributed by atoms with Crippen LogP contribution in [0.4, 0.5) is 5.82 Å². The standard InChI is InChI=1S/C7H8N4O2S/c8-3-5-4-9-10-7(5)11-14(12,13)6-1-2-6/h4,6H,1-2H2,(H2,9,10,11). The van der Waals surface area contributed by atoms with E-state index in [0.29, 0.717) is 12.8 Å². The molecule has 2 rings (SSSR count). The van der Waals surface area contributed by atoms with Gasteiger partial charge >= 0.3 is 0 Å². The number of hydrogen-bond acceptors (Lipinski definition) is 4. The number of anilines is 1. The molecule has 0 spiro atoms. The van der Waals surface area contributed by atoms with Crippen molar-refractivity contribution in [3.05, 3.63) is 11.8 Å². The molecule has 0 amide bonds. The van der Waals surface area contributed by atoms with Gasteiger partial charge in [0.1, 0.15) is 11.6 Å². The Labute approximate surface area is 81.0 Å². The van der Waals surface area contributed by atoms with Crippen LogP contribution in [-0.2, 0) is 10.0 Å². The molecule has 2 N–H and O–H groups in total. The fourth-order valence-electron chi connectivity index (χ4n) is 1.05. The van der Waals surface area contributed by atoms with Crippen molar-refractivity contribution in [1.82, 2.24) is 10.2 Å². The first-order valence-corrected chi connectivity index (χ1v) is 5.63. The number of aromatic nitrogens is 2. The molecule has 0 aromatic carbocycles. The average Bonchev–Trinajstić information content (AvgIpc) is 2.89. The lowest BCUT2D eigenvalue weighted by molar-refractivity contribution is 0.599. The highest BCUT2D eigenvalue weighted by Crippen LogP contribution is 2.29. The summed E-state index contributed by atoms with van der Waals surface area (Å²) in [6.07, 6.45) is 2.65. The smallest absolute Gasteiger partial charge is 0.236 e. The van der Waals surface area contributed by atoms with E-state index in [4.69, 9.17) is 5.26 Å². The van der Waals surface area contributed by atoms with E-state index < -0.39 is 10.0 Å². The van der Waals surface area contributed by atoms with Crippen molar-refractivity contribution in [3.63, 3.8) is 0 Å². The van der Waals surface area contributed by atoms with Gasteiger partial charge in [0.25, 0.3) is 0 Å². The van der Waals surface area contributed by atoms with Gasteiger partial charge in [-0.2, -0.15) is 10.4 Å². The highest BCUT2D eigenvalue weighted by molar-refractivity contribution is 7.93. The third kappa shape index (κ3) is 1.56. The van der Waals surface area contributed by atoms with E-state index in [1.165, 1.54) is 6.20 Å². The lowest BCUT2D eigenvalue weighted by Crippen LogP contribution is -2.18. The predicted octanol–water partition coefficient (Wildman–Crippen LogP) is 0.185. The molecule has 1 aromatic rings. The lowest BCUT2D eigenvalue weighted by Gasteiger charge is -2.03. The summed E-state index contributed by atoms with van der Waals surface area (Å²) < 4.78 is 25.2. The molecule has 1 aliphatic carbocycles. The fourth-order valence-corrected chi connectivity index (χ4v) is 2.42. The molecular weight excluding hydrogens is 204 g/mol. The van der Waals surface area contributed by atoms with Gasteiger partial charge in [0, 0.05) is 0 Å². The number of aromatic amines is 1. The van der Waals surface area contributed by atoms with Gasteiger partial charge < -0.3 is 0 Å². The summed E-state index contributed by atoms with van der Waals surface area (Å²) in [4.78, 5) is 0. The van der Waals surface area contributed by atoms with Crippen molar-refractivity contribution < 1.29 is 8.42 Å². The van der Waals surface area contributed by atoms with Crippen LogP contribution in [0.1, 0.15) is 18.4 Å². The summed E-state index contributed by atoms with van der Waals surface area (Å²) in [5.74, 6) is 0.152. The van der Waals surface area contributed by atoms with Gasteiger partial charge in [0.15, 0.2) is 5.82 Å². The quantitative estimate of drug-likeness (QED) is 0.746. The largest absolute Gasteiger partial charge is 0.266 e. The van der Waals surface area contributed by atoms with Gasteiger partial charge in [-0.1, -0.05) is 0 Å². The van der Waals surface area contributed by atoms with Crippen molar-refractivity contribution >= 4 is 15.8 Å². The number of nitrogens with one attached hydrogen (secondary N) is 2. The van der Waals surface area contributed by atoms with E-state index in [1.54, 1.807) is 0 Å². The molecule has 0 saturated heterocycles. The zero-order valence-electron chi connectivity index (χ0n) is 7.19. The van der Waals surface area contributed by atoms with E-state index in [1.807, 2.05) is 6.07 Å². The number of H-pyrrole nitrogens is 1. The Hall–Kier alpha value is -1.55. The summed E-state index contributed by atoms with van der Waals surface area (Å²) in [6.45, 7) is 0. The highest BCUT2D eigenvalue weighted by atomic mass is 32.2. The summed E-state index contributed by atoms with van der Waals surface area (Å²) >= 11 is 0. The van der Waals surface area contributed by atoms with E-state index in [0.717, 1.165) is 0 Å². The molecule has 1 fully saturated rings. The van der Waals surface area contributed by atoms with Crippen LogP contribution in [0.15, 0.2) is 6.20 Å².